The number of aliphatic hydroxyl groups is 1. The fourth-order valence-electron chi connectivity index (χ4n) is 3.10. The molecule has 0 saturated carbocycles. The van der Waals surface area contributed by atoms with Gasteiger partial charge in [-0.3, -0.25) is 14.4 Å². The maximum Gasteiger partial charge on any atom is 0.261 e. The third kappa shape index (κ3) is 3.76. The zero-order valence-electron chi connectivity index (χ0n) is 15.2. The van der Waals surface area contributed by atoms with E-state index in [2.05, 4.69) is 28.7 Å². The molecule has 1 N–H and O–H groups in total. The van der Waals surface area contributed by atoms with Crippen LogP contribution in [0.1, 0.15) is 31.2 Å². The second-order valence-corrected chi connectivity index (χ2v) is 6.43. The standard InChI is InChI=1S/C21H23N3O2/c1-3-4-5-17(22-2)8-6-15-7-9-18-19(12-15)23-20-13-16(14-25)10-11-24(20)21(18)26/h4-5,7,9,12,16,25H,3,10-11,13-14H2,1-2H3/b5-4-,22-17?. The second-order valence-electron chi connectivity index (χ2n) is 6.43. The van der Waals surface area contributed by atoms with Crippen molar-refractivity contribution in [2.24, 2.45) is 10.9 Å². The molecule has 5 heteroatoms. The maximum atomic E-state index is 12.7. The number of rotatable bonds is 3. The highest BCUT2D eigenvalue weighted by atomic mass is 16.3. The lowest BCUT2D eigenvalue weighted by molar-refractivity contribution is 0.197. The molecule has 2 aromatic rings. The summed E-state index contributed by atoms with van der Waals surface area (Å²) in [6, 6.07) is 5.50. The molecule has 1 unspecified atom stereocenters. The molecule has 0 amide bonds. The van der Waals surface area contributed by atoms with Crippen molar-refractivity contribution in [3.63, 3.8) is 0 Å². The maximum absolute atomic E-state index is 12.7. The second kappa shape index (κ2) is 8.11. The molecule has 3 rings (SSSR count). The van der Waals surface area contributed by atoms with Gasteiger partial charge in [0.25, 0.3) is 5.56 Å². The summed E-state index contributed by atoms with van der Waals surface area (Å²) in [5, 5.41) is 10.0. The zero-order valence-corrected chi connectivity index (χ0v) is 15.2. The van der Waals surface area contributed by atoms with Gasteiger partial charge < -0.3 is 5.11 Å². The molecule has 26 heavy (non-hydrogen) atoms. The van der Waals surface area contributed by atoms with Gasteiger partial charge in [0.05, 0.1) is 10.9 Å². The molecule has 1 aromatic carbocycles. The molecule has 0 aliphatic carbocycles. The predicted molar refractivity (Wildman–Crippen MR) is 105 cm³/mol. The van der Waals surface area contributed by atoms with Crippen LogP contribution in [0.2, 0.25) is 0 Å². The van der Waals surface area contributed by atoms with E-state index in [9.17, 15) is 9.90 Å². The van der Waals surface area contributed by atoms with Crippen molar-refractivity contribution < 1.29 is 5.11 Å². The van der Waals surface area contributed by atoms with Crippen LogP contribution in [0.3, 0.4) is 0 Å². The van der Waals surface area contributed by atoms with E-state index in [0.29, 0.717) is 23.9 Å². The Labute approximate surface area is 153 Å². The Bertz CT molecular complexity index is 990. The van der Waals surface area contributed by atoms with Gasteiger partial charge in [0.15, 0.2) is 0 Å². The molecule has 0 radical (unpaired) electrons. The fourth-order valence-corrected chi connectivity index (χ4v) is 3.10. The largest absolute Gasteiger partial charge is 0.396 e. The summed E-state index contributed by atoms with van der Waals surface area (Å²) in [5.74, 6) is 7.07. The Kier molecular flexibility index (Phi) is 5.65. The number of fused-ring (bicyclic) bond motifs is 2. The van der Waals surface area contributed by atoms with E-state index in [0.717, 1.165) is 29.9 Å². The van der Waals surface area contributed by atoms with E-state index in [-0.39, 0.29) is 18.1 Å². The summed E-state index contributed by atoms with van der Waals surface area (Å²) in [6.07, 6.45) is 6.30. The van der Waals surface area contributed by atoms with Gasteiger partial charge in [-0.2, -0.15) is 0 Å². The smallest absolute Gasteiger partial charge is 0.261 e. The highest BCUT2D eigenvalue weighted by molar-refractivity contribution is 6.09. The minimum absolute atomic E-state index is 0.0115. The monoisotopic (exact) mass is 349 g/mol. The van der Waals surface area contributed by atoms with Crippen LogP contribution in [0.25, 0.3) is 10.9 Å². The number of hydrogen-bond donors (Lipinski definition) is 1. The fraction of sp³-hybridized carbons (Fsp3) is 0.381. The molecule has 0 spiro atoms. The molecule has 0 saturated heterocycles. The number of hydrogen-bond acceptors (Lipinski definition) is 4. The molecule has 1 aromatic heterocycles. The number of aromatic nitrogens is 2. The van der Waals surface area contributed by atoms with E-state index in [1.165, 1.54) is 0 Å². The lowest BCUT2D eigenvalue weighted by Crippen LogP contribution is -2.32. The molecule has 134 valence electrons. The Morgan fingerprint density at radius 3 is 3.08 bits per heavy atom. The van der Waals surface area contributed by atoms with Crippen LogP contribution in [0, 0.1) is 17.8 Å². The van der Waals surface area contributed by atoms with E-state index >= 15 is 0 Å². The van der Waals surface area contributed by atoms with Crippen molar-refractivity contribution in [3.8, 4) is 11.8 Å². The van der Waals surface area contributed by atoms with Crippen LogP contribution in [0.5, 0.6) is 0 Å². The minimum Gasteiger partial charge on any atom is -0.396 e. The molecule has 1 aliphatic rings. The lowest BCUT2D eigenvalue weighted by Gasteiger charge is -2.24. The van der Waals surface area contributed by atoms with Crippen LogP contribution in [-0.4, -0.2) is 34.0 Å². The quantitative estimate of drug-likeness (QED) is 0.683. The Balaban J connectivity index is 1.99. The van der Waals surface area contributed by atoms with Gasteiger partial charge >= 0.3 is 0 Å². The molecule has 0 fully saturated rings. The van der Waals surface area contributed by atoms with E-state index in [1.54, 1.807) is 17.7 Å². The Hall–Kier alpha value is -2.71. The number of nitrogens with zero attached hydrogens (tertiary/aromatic N) is 3. The van der Waals surface area contributed by atoms with Gasteiger partial charge in [-0.15, -0.1) is 0 Å². The average Bonchev–Trinajstić information content (AvgIpc) is 2.67. The molecule has 1 aliphatic heterocycles. The Morgan fingerprint density at radius 2 is 2.35 bits per heavy atom. The van der Waals surface area contributed by atoms with Crippen molar-refractivity contribution >= 4 is 16.6 Å². The summed E-state index contributed by atoms with van der Waals surface area (Å²) in [6.45, 7) is 2.81. The molecule has 1 atom stereocenters. The molecule has 0 bridgehead atoms. The van der Waals surface area contributed by atoms with Crippen molar-refractivity contribution in [2.75, 3.05) is 13.7 Å². The van der Waals surface area contributed by atoms with E-state index in [4.69, 9.17) is 0 Å². The number of benzene rings is 1. The molecule has 5 nitrogen and oxygen atoms in total. The van der Waals surface area contributed by atoms with Crippen molar-refractivity contribution in [2.45, 2.75) is 32.7 Å². The summed E-state index contributed by atoms with van der Waals surface area (Å²) >= 11 is 0. The summed E-state index contributed by atoms with van der Waals surface area (Å²) in [4.78, 5) is 21.5. The average molecular weight is 349 g/mol. The SMILES string of the molecule is CC/C=C\C(C#Cc1ccc2c(=O)n3c(nc2c1)CC(CO)CC3)=NC. The van der Waals surface area contributed by atoms with Gasteiger partial charge in [0.1, 0.15) is 11.5 Å². The first kappa shape index (κ1) is 18.1. The number of allylic oxidation sites excluding steroid dienone is 2. The highest BCUT2D eigenvalue weighted by Crippen LogP contribution is 2.19. The first-order chi connectivity index (χ1) is 12.7. The van der Waals surface area contributed by atoms with Gasteiger partial charge in [0.2, 0.25) is 0 Å². The first-order valence-corrected chi connectivity index (χ1v) is 8.96. The first-order valence-electron chi connectivity index (χ1n) is 8.96. The van der Waals surface area contributed by atoms with Gasteiger partial charge in [-0.25, -0.2) is 4.98 Å². The van der Waals surface area contributed by atoms with Gasteiger partial charge in [-0.1, -0.05) is 18.9 Å². The summed E-state index contributed by atoms with van der Waals surface area (Å²) < 4.78 is 1.73. The van der Waals surface area contributed by atoms with Crippen molar-refractivity contribution in [3.05, 3.63) is 52.1 Å². The topological polar surface area (TPSA) is 67.5 Å². The third-order valence-electron chi connectivity index (χ3n) is 4.61. The third-order valence-corrected chi connectivity index (χ3v) is 4.61. The molecular weight excluding hydrogens is 326 g/mol. The van der Waals surface area contributed by atoms with Crippen LogP contribution in [0.4, 0.5) is 0 Å². The Morgan fingerprint density at radius 1 is 1.50 bits per heavy atom. The lowest BCUT2D eigenvalue weighted by atomic mass is 9.98. The highest BCUT2D eigenvalue weighted by Gasteiger charge is 2.21. The number of aliphatic imine (C=N–C) groups is 1. The van der Waals surface area contributed by atoms with Gasteiger partial charge in [0, 0.05) is 32.2 Å². The normalized spacial score (nSPS) is 17.2. The summed E-state index contributed by atoms with van der Waals surface area (Å²) in [7, 11) is 1.72. The minimum atomic E-state index is -0.0115. The van der Waals surface area contributed by atoms with E-state index < -0.39 is 0 Å². The van der Waals surface area contributed by atoms with Crippen LogP contribution < -0.4 is 5.56 Å². The van der Waals surface area contributed by atoms with Crippen LogP contribution in [-0.2, 0) is 13.0 Å². The van der Waals surface area contributed by atoms with Crippen LogP contribution >= 0.6 is 0 Å². The zero-order chi connectivity index (χ0) is 18.5. The van der Waals surface area contributed by atoms with E-state index in [1.807, 2.05) is 24.3 Å². The summed E-state index contributed by atoms with van der Waals surface area (Å²) in [5.41, 5.74) is 2.17. The van der Waals surface area contributed by atoms with Crippen LogP contribution in [0.15, 0.2) is 40.1 Å². The molecular formula is C21H23N3O2. The van der Waals surface area contributed by atoms with Crippen molar-refractivity contribution in [1.82, 2.24) is 9.55 Å². The molecule has 2 heterocycles. The van der Waals surface area contributed by atoms with Crippen molar-refractivity contribution in [1.29, 1.82) is 0 Å². The number of aliphatic hydroxyl groups excluding tert-OH is 1. The predicted octanol–water partition coefficient (Wildman–Crippen LogP) is 2.34. The van der Waals surface area contributed by atoms with Gasteiger partial charge in [-0.05, 0) is 49.0 Å².